The predicted molar refractivity (Wildman–Crippen MR) is 159 cm³/mol. The van der Waals surface area contributed by atoms with Crippen molar-refractivity contribution < 1.29 is 28.6 Å². The van der Waals surface area contributed by atoms with Gasteiger partial charge >= 0.3 is 12.1 Å². The van der Waals surface area contributed by atoms with Crippen LogP contribution in [0, 0.1) is 0 Å². The van der Waals surface area contributed by atoms with Crippen LogP contribution in [0.15, 0.2) is 89.9 Å². The average Bonchev–Trinajstić information content (AvgIpc) is 3.45. The molecule has 3 aromatic rings. The van der Waals surface area contributed by atoms with Crippen LogP contribution in [0.2, 0.25) is 0 Å². The van der Waals surface area contributed by atoms with E-state index in [1.165, 1.54) is 0 Å². The Morgan fingerprint density at radius 1 is 0.952 bits per heavy atom. The Morgan fingerprint density at radius 2 is 1.55 bits per heavy atom. The number of hydrogen-bond acceptors (Lipinski definition) is 8. The molecule has 0 aromatic heterocycles. The molecule has 4 N–H and O–H groups in total. The predicted octanol–water partition coefficient (Wildman–Crippen LogP) is 4.37. The van der Waals surface area contributed by atoms with E-state index in [2.05, 4.69) is 4.99 Å². The number of amides is 1. The van der Waals surface area contributed by atoms with E-state index in [4.69, 9.17) is 30.7 Å². The number of benzene rings is 3. The molecule has 4 rings (SSSR count). The maximum atomic E-state index is 13.0. The molecule has 1 fully saturated rings. The van der Waals surface area contributed by atoms with E-state index in [1.54, 1.807) is 29.2 Å². The minimum absolute atomic E-state index is 0.113. The summed E-state index contributed by atoms with van der Waals surface area (Å²) in [6, 6.07) is 25.7. The zero-order valence-electron chi connectivity index (χ0n) is 24.1. The van der Waals surface area contributed by atoms with Crippen LogP contribution in [-0.2, 0) is 19.1 Å². The molecular weight excluding hydrogens is 536 g/mol. The van der Waals surface area contributed by atoms with E-state index >= 15 is 0 Å². The van der Waals surface area contributed by atoms with E-state index in [-0.39, 0.29) is 18.7 Å². The van der Waals surface area contributed by atoms with Crippen molar-refractivity contribution in [3.8, 4) is 5.75 Å². The zero-order chi connectivity index (χ0) is 30.1. The summed E-state index contributed by atoms with van der Waals surface area (Å²) < 4.78 is 17.1. The quantitative estimate of drug-likeness (QED) is 0.158. The summed E-state index contributed by atoms with van der Waals surface area (Å²) in [6.07, 6.45) is -1.43. The van der Waals surface area contributed by atoms with Crippen LogP contribution < -0.4 is 16.4 Å². The van der Waals surface area contributed by atoms with Crippen molar-refractivity contribution in [1.29, 1.82) is 0 Å². The van der Waals surface area contributed by atoms with Gasteiger partial charge in [-0.25, -0.2) is 15.5 Å². The van der Waals surface area contributed by atoms with E-state index < -0.39 is 23.8 Å². The Labute approximate surface area is 246 Å². The van der Waals surface area contributed by atoms with Gasteiger partial charge in [-0.1, -0.05) is 60.7 Å². The Balaban J connectivity index is 1.33. The standard InChI is InChI=1S/C32H38N4O6/c1-32(2,3)41-31(38)36-19-18-25(20-36)35-29(33)24-14-16-26(17-15-24)39-21-27(42-34)30(37)40-28(22-10-6-4-7-11-22)23-12-8-5-9-13-23/h4-17,25,27-28H,18-21,34H2,1-3H3,(H2,33,35)/t25-,27+/m1/s1. The summed E-state index contributed by atoms with van der Waals surface area (Å²) in [7, 11) is 0. The van der Waals surface area contributed by atoms with Gasteiger partial charge in [0.15, 0.2) is 6.10 Å². The van der Waals surface area contributed by atoms with Crippen LogP contribution in [0.25, 0.3) is 0 Å². The van der Waals surface area contributed by atoms with Crippen molar-refractivity contribution >= 4 is 17.9 Å². The van der Waals surface area contributed by atoms with Gasteiger partial charge in [-0.2, -0.15) is 0 Å². The fourth-order valence-electron chi connectivity index (χ4n) is 4.44. The van der Waals surface area contributed by atoms with Gasteiger partial charge in [0.1, 0.15) is 23.8 Å². The first kappa shape index (κ1) is 30.5. The van der Waals surface area contributed by atoms with E-state index in [0.717, 1.165) is 11.1 Å². The highest BCUT2D eigenvalue weighted by Crippen LogP contribution is 2.27. The summed E-state index contributed by atoms with van der Waals surface area (Å²) in [6.45, 7) is 6.37. The monoisotopic (exact) mass is 574 g/mol. The molecule has 0 radical (unpaired) electrons. The van der Waals surface area contributed by atoms with Crippen LogP contribution >= 0.6 is 0 Å². The molecule has 1 aliphatic rings. The lowest BCUT2D eigenvalue weighted by Gasteiger charge is -2.24. The van der Waals surface area contributed by atoms with Crippen LogP contribution in [0.5, 0.6) is 5.75 Å². The SMILES string of the molecule is CC(C)(C)OC(=O)N1CC[C@@H](N=C(N)c2ccc(OC[C@H](ON)C(=O)OC(c3ccccc3)c3ccccc3)cc2)C1. The first-order valence-corrected chi connectivity index (χ1v) is 13.8. The Bertz CT molecular complexity index is 1300. The maximum absolute atomic E-state index is 13.0. The summed E-state index contributed by atoms with van der Waals surface area (Å²) in [5, 5.41) is 0. The molecule has 42 heavy (non-hydrogen) atoms. The Kier molecular flexibility index (Phi) is 10.2. The average molecular weight is 575 g/mol. The molecule has 1 saturated heterocycles. The number of hydrogen-bond donors (Lipinski definition) is 2. The van der Waals surface area contributed by atoms with Gasteiger partial charge in [0.05, 0.1) is 6.04 Å². The Hall–Kier alpha value is -4.41. The fourth-order valence-corrected chi connectivity index (χ4v) is 4.44. The van der Waals surface area contributed by atoms with Crippen molar-refractivity contribution in [1.82, 2.24) is 4.90 Å². The second kappa shape index (κ2) is 14.0. The summed E-state index contributed by atoms with van der Waals surface area (Å²) >= 11 is 0. The number of rotatable bonds is 10. The van der Waals surface area contributed by atoms with Gasteiger partial charge in [0, 0.05) is 18.7 Å². The smallest absolute Gasteiger partial charge is 0.410 e. The summed E-state index contributed by atoms with van der Waals surface area (Å²) in [4.78, 5) is 36.5. The van der Waals surface area contributed by atoms with Crippen LogP contribution in [-0.4, -0.2) is 60.2 Å². The van der Waals surface area contributed by atoms with Crippen molar-refractivity contribution in [2.24, 2.45) is 16.6 Å². The number of likely N-dealkylation sites (tertiary alicyclic amines) is 1. The van der Waals surface area contributed by atoms with Crippen molar-refractivity contribution in [2.45, 2.75) is 51.0 Å². The highest BCUT2D eigenvalue weighted by atomic mass is 16.7. The molecule has 0 unspecified atom stereocenters. The number of carbonyl (C=O) groups is 2. The number of nitrogens with two attached hydrogens (primary N) is 2. The largest absolute Gasteiger partial charge is 0.490 e. The minimum atomic E-state index is -1.15. The molecular formula is C32H38N4O6. The molecule has 0 bridgehead atoms. The van der Waals surface area contributed by atoms with E-state index in [1.807, 2.05) is 81.4 Å². The second-order valence-corrected chi connectivity index (χ2v) is 11.0. The third kappa shape index (κ3) is 8.55. The number of esters is 1. The van der Waals surface area contributed by atoms with Crippen molar-refractivity contribution in [3.63, 3.8) is 0 Å². The highest BCUT2D eigenvalue weighted by Gasteiger charge is 2.30. The molecule has 1 aliphatic heterocycles. The lowest BCUT2D eigenvalue weighted by atomic mass is 10.0. The zero-order valence-corrected chi connectivity index (χ0v) is 24.1. The highest BCUT2D eigenvalue weighted by molar-refractivity contribution is 5.97. The molecule has 0 saturated carbocycles. The first-order chi connectivity index (χ1) is 20.1. The van der Waals surface area contributed by atoms with Gasteiger partial charge < -0.3 is 24.8 Å². The number of carbonyl (C=O) groups excluding carboxylic acids is 2. The third-order valence-electron chi connectivity index (χ3n) is 6.55. The molecule has 10 nitrogen and oxygen atoms in total. The fraction of sp³-hybridized carbons (Fsp3) is 0.344. The van der Waals surface area contributed by atoms with Crippen molar-refractivity contribution in [3.05, 3.63) is 102 Å². The number of ether oxygens (including phenoxy) is 3. The summed E-state index contributed by atoms with van der Waals surface area (Å²) in [5.41, 5.74) is 8.04. The third-order valence-corrected chi connectivity index (χ3v) is 6.55. The normalized spacial score (nSPS) is 16.3. The molecule has 1 amide bonds. The second-order valence-electron chi connectivity index (χ2n) is 11.0. The molecule has 0 spiro atoms. The maximum Gasteiger partial charge on any atom is 0.410 e. The lowest BCUT2D eigenvalue weighted by Crippen LogP contribution is -2.35. The van der Waals surface area contributed by atoms with Gasteiger partial charge in [0.25, 0.3) is 0 Å². The molecule has 2 atom stereocenters. The topological polar surface area (TPSA) is 139 Å². The molecule has 3 aromatic carbocycles. The molecule has 0 aliphatic carbocycles. The van der Waals surface area contributed by atoms with E-state index in [9.17, 15) is 9.59 Å². The van der Waals surface area contributed by atoms with Gasteiger partial charge in [-0.15, -0.1) is 0 Å². The van der Waals surface area contributed by atoms with Gasteiger partial charge in [-0.3, -0.25) is 9.83 Å². The van der Waals surface area contributed by atoms with E-state index in [0.29, 0.717) is 36.7 Å². The van der Waals surface area contributed by atoms with Crippen molar-refractivity contribution in [2.75, 3.05) is 19.7 Å². The molecule has 222 valence electrons. The van der Waals surface area contributed by atoms with Gasteiger partial charge in [-0.05, 0) is 62.6 Å². The van der Waals surface area contributed by atoms with Gasteiger partial charge in [0.2, 0.25) is 6.10 Å². The Morgan fingerprint density at radius 3 is 2.10 bits per heavy atom. The van der Waals surface area contributed by atoms with Crippen LogP contribution in [0.1, 0.15) is 50.0 Å². The molecule has 10 heteroatoms. The number of nitrogens with zero attached hydrogens (tertiary/aromatic N) is 2. The first-order valence-electron chi connectivity index (χ1n) is 13.8. The number of amidine groups is 1. The van der Waals surface area contributed by atoms with Crippen LogP contribution in [0.3, 0.4) is 0 Å². The number of aliphatic imine (C=N–C) groups is 1. The summed E-state index contributed by atoms with van der Waals surface area (Å²) in [5.74, 6) is 5.64. The minimum Gasteiger partial charge on any atom is -0.490 e. The lowest BCUT2D eigenvalue weighted by molar-refractivity contribution is -0.163. The molecule has 1 heterocycles. The van der Waals surface area contributed by atoms with Crippen LogP contribution in [0.4, 0.5) is 4.79 Å².